The van der Waals surface area contributed by atoms with Crippen molar-refractivity contribution in [2.45, 2.75) is 39.2 Å². The molecular formula is C11H21N3O4. The average Bonchev–Trinajstić information content (AvgIpc) is 2.22. The Morgan fingerprint density at radius 1 is 1.33 bits per heavy atom. The van der Waals surface area contributed by atoms with E-state index in [0.29, 0.717) is 13.0 Å². The molecule has 0 aliphatic heterocycles. The molecule has 104 valence electrons. The predicted octanol–water partition coefficient (Wildman–Crippen LogP) is -0.804. The summed E-state index contributed by atoms with van der Waals surface area (Å²) in [5.74, 6) is -2.19. The number of carboxylic acids is 1. The molecule has 0 fully saturated rings. The molecule has 0 saturated carbocycles. The minimum atomic E-state index is -1.19. The van der Waals surface area contributed by atoms with Gasteiger partial charge in [-0.1, -0.05) is 13.8 Å². The second kappa shape index (κ2) is 6.95. The van der Waals surface area contributed by atoms with Crippen molar-refractivity contribution in [3.63, 3.8) is 0 Å². The maximum absolute atomic E-state index is 11.9. The Kier molecular flexibility index (Phi) is 6.32. The summed E-state index contributed by atoms with van der Waals surface area (Å²) in [6, 6.07) is -1.11. The van der Waals surface area contributed by atoms with Gasteiger partial charge in [0, 0.05) is 11.8 Å². The van der Waals surface area contributed by atoms with Gasteiger partial charge in [-0.15, -0.1) is 0 Å². The van der Waals surface area contributed by atoms with Crippen molar-refractivity contribution >= 4 is 17.8 Å². The molecule has 18 heavy (non-hydrogen) atoms. The van der Waals surface area contributed by atoms with Crippen LogP contribution in [0.25, 0.3) is 0 Å². The van der Waals surface area contributed by atoms with E-state index in [4.69, 9.17) is 16.6 Å². The summed E-state index contributed by atoms with van der Waals surface area (Å²) in [6.45, 7) is 3.70. The Hall–Kier alpha value is -1.63. The molecule has 0 rings (SSSR count). The molecule has 0 spiro atoms. The van der Waals surface area contributed by atoms with Gasteiger partial charge >= 0.3 is 5.97 Å². The monoisotopic (exact) mass is 259 g/mol. The van der Waals surface area contributed by atoms with Gasteiger partial charge in [-0.2, -0.15) is 0 Å². The van der Waals surface area contributed by atoms with Crippen LogP contribution in [0.3, 0.4) is 0 Å². The molecule has 0 bridgehead atoms. The van der Waals surface area contributed by atoms with E-state index in [1.54, 1.807) is 13.8 Å². The summed E-state index contributed by atoms with van der Waals surface area (Å²) >= 11 is 0. The number of rotatable bonds is 8. The minimum Gasteiger partial charge on any atom is -0.480 e. The number of aliphatic carboxylic acids is 1. The van der Waals surface area contributed by atoms with E-state index < -0.39 is 29.2 Å². The summed E-state index contributed by atoms with van der Waals surface area (Å²) in [5.41, 5.74) is 9.59. The average molecular weight is 259 g/mol. The van der Waals surface area contributed by atoms with E-state index >= 15 is 0 Å². The van der Waals surface area contributed by atoms with E-state index in [2.05, 4.69) is 5.32 Å². The van der Waals surface area contributed by atoms with Crippen molar-refractivity contribution in [2.24, 2.45) is 16.9 Å². The van der Waals surface area contributed by atoms with E-state index in [1.807, 2.05) is 0 Å². The second-order valence-corrected chi connectivity index (χ2v) is 4.79. The standard InChI is InChI=1S/C11H21N3O4/c1-11(2,5-6-12)10(18)14-7(9(16)17)3-4-8(13)15/h7H,3-6,12H2,1-2H3,(H2,13,15)(H,14,18)(H,16,17)/t7-/m1/s1. The highest BCUT2D eigenvalue weighted by atomic mass is 16.4. The molecule has 0 aliphatic carbocycles. The summed E-state index contributed by atoms with van der Waals surface area (Å²) in [4.78, 5) is 33.4. The SMILES string of the molecule is CC(C)(CCN)C(=O)N[C@H](CCC(N)=O)C(=O)O. The topological polar surface area (TPSA) is 136 Å². The van der Waals surface area contributed by atoms with Crippen LogP contribution in [0.4, 0.5) is 0 Å². The first-order valence-corrected chi connectivity index (χ1v) is 5.73. The highest BCUT2D eigenvalue weighted by Crippen LogP contribution is 2.19. The number of carboxylic acid groups (broad SMARTS) is 1. The van der Waals surface area contributed by atoms with Gasteiger partial charge in [0.25, 0.3) is 0 Å². The lowest BCUT2D eigenvalue weighted by molar-refractivity contribution is -0.143. The molecule has 7 heteroatoms. The lowest BCUT2D eigenvalue weighted by atomic mass is 9.88. The van der Waals surface area contributed by atoms with Crippen LogP contribution in [0, 0.1) is 5.41 Å². The number of nitrogens with two attached hydrogens (primary N) is 2. The van der Waals surface area contributed by atoms with Crippen LogP contribution >= 0.6 is 0 Å². The van der Waals surface area contributed by atoms with Crippen LogP contribution in [0.2, 0.25) is 0 Å². The molecule has 7 nitrogen and oxygen atoms in total. The maximum Gasteiger partial charge on any atom is 0.326 e. The first-order valence-electron chi connectivity index (χ1n) is 5.73. The number of primary amides is 1. The summed E-state index contributed by atoms with van der Waals surface area (Å²) in [7, 11) is 0. The Balaban J connectivity index is 4.54. The van der Waals surface area contributed by atoms with Crippen molar-refractivity contribution < 1.29 is 19.5 Å². The van der Waals surface area contributed by atoms with Crippen LogP contribution in [0.15, 0.2) is 0 Å². The minimum absolute atomic E-state index is 0.0187. The molecule has 6 N–H and O–H groups in total. The molecule has 0 saturated heterocycles. The lowest BCUT2D eigenvalue weighted by Crippen LogP contribution is -2.47. The van der Waals surface area contributed by atoms with Gasteiger partial charge in [0.1, 0.15) is 6.04 Å². The van der Waals surface area contributed by atoms with Crippen LogP contribution in [0.5, 0.6) is 0 Å². The first kappa shape index (κ1) is 16.4. The third-order valence-corrected chi connectivity index (χ3v) is 2.67. The molecule has 0 heterocycles. The number of nitrogens with one attached hydrogen (secondary N) is 1. The molecule has 0 unspecified atom stereocenters. The summed E-state index contributed by atoms with van der Waals surface area (Å²) in [5, 5.41) is 11.3. The van der Waals surface area contributed by atoms with Crippen molar-refractivity contribution in [2.75, 3.05) is 6.54 Å². The van der Waals surface area contributed by atoms with E-state index in [-0.39, 0.29) is 12.8 Å². The van der Waals surface area contributed by atoms with E-state index in [1.165, 1.54) is 0 Å². The van der Waals surface area contributed by atoms with Gasteiger partial charge in [-0.3, -0.25) is 9.59 Å². The number of amides is 2. The normalized spacial score (nSPS) is 12.8. The van der Waals surface area contributed by atoms with Gasteiger partial charge in [0.05, 0.1) is 0 Å². The second-order valence-electron chi connectivity index (χ2n) is 4.79. The van der Waals surface area contributed by atoms with Crippen LogP contribution < -0.4 is 16.8 Å². The number of carbonyl (C=O) groups excluding carboxylic acids is 2. The molecule has 0 aromatic heterocycles. The number of hydrogen-bond donors (Lipinski definition) is 4. The highest BCUT2D eigenvalue weighted by molar-refractivity contribution is 5.87. The van der Waals surface area contributed by atoms with Gasteiger partial charge in [0.15, 0.2) is 0 Å². The fourth-order valence-electron chi connectivity index (χ4n) is 1.37. The zero-order valence-corrected chi connectivity index (χ0v) is 10.7. The van der Waals surface area contributed by atoms with Gasteiger partial charge in [-0.25, -0.2) is 4.79 Å². The molecule has 0 aromatic carbocycles. The van der Waals surface area contributed by atoms with E-state index in [9.17, 15) is 14.4 Å². The predicted molar refractivity (Wildman–Crippen MR) is 65.4 cm³/mol. The number of carbonyl (C=O) groups is 3. The summed E-state index contributed by atoms with van der Waals surface area (Å²) < 4.78 is 0. The van der Waals surface area contributed by atoms with Gasteiger partial charge in [0.2, 0.25) is 11.8 Å². The highest BCUT2D eigenvalue weighted by Gasteiger charge is 2.30. The molecule has 0 aromatic rings. The zero-order valence-electron chi connectivity index (χ0n) is 10.7. The van der Waals surface area contributed by atoms with Crippen molar-refractivity contribution in [1.82, 2.24) is 5.32 Å². The third kappa shape index (κ3) is 5.62. The van der Waals surface area contributed by atoms with Gasteiger partial charge < -0.3 is 21.9 Å². The molecule has 0 aliphatic rings. The zero-order chi connectivity index (χ0) is 14.3. The Morgan fingerprint density at radius 3 is 2.28 bits per heavy atom. The lowest BCUT2D eigenvalue weighted by Gasteiger charge is -2.25. The number of hydrogen-bond acceptors (Lipinski definition) is 4. The van der Waals surface area contributed by atoms with Crippen molar-refractivity contribution in [1.29, 1.82) is 0 Å². The third-order valence-electron chi connectivity index (χ3n) is 2.67. The Bertz CT molecular complexity index is 328. The quantitative estimate of drug-likeness (QED) is 0.452. The maximum atomic E-state index is 11.9. The Morgan fingerprint density at radius 2 is 1.89 bits per heavy atom. The molecule has 2 amide bonds. The van der Waals surface area contributed by atoms with Crippen molar-refractivity contribution in [3.8, 4) is 0 Å². The fraction of sp³-hybridized carbons (Fsp3) is 0.727. The molecular weight excluding hydrogens is 238 g/mol. The fourth-order valence-corrected chi connectivity index (χ4v) is 1.37. The molecule has 0 radical (unpaired) electrons. The van der Waals surface area contributed by atoms with Crippen LogP contribution in [-0.4, -0.2) is 35.5 Å². The van der Waals surface area contributed by atoms with Crippen LogP contribution in [-0.2, 0) is 14.4 Å². The summed E-state index contributed by atoms with van der Waals surface area (Å²) in [6.07, 6.45) is 0.338. The smallest absolute Gasteiger partial charge is 0.326 e. The largest absolute Gasteiger partial charge is 0.480 e. The van der Waals surface area contributed by atoms with E-state index in [0.717, 1.165) is 0 Å². The Labute approximate surface area is 106 Å². The van der Waals surface area contributed by atoms with Gasteiger partial charge in [-0.05, 0) is 19.4 Å². The first-order chi connectivity index (χ1) is 8.20. The van der Waals surface area contributed by atoms with Crippen molar-refractivity contribution in [3.05, 3.63) is 0 Å². The van der Waals surface area contributed by atoms with Crippen LogP contribution in [0.1, 0.15) is 33.1 Å². The molecule has 1 atom stereocenters.